The summed E-state index contributed by atoms with van der Waals surface area (Å²) >= 11 is 0. The van der Waals surface area contributed by atoms with E-state index in [0.717, 1.165) is 14.2 Å². The van der Waals surface area contributed by atoms with Gasteiger partial charge in [-0.2, -0.15) is 0 Å². The van der Waals surface area contributed by atoms with Crippen molar-refractivity contribution in [2.24, 2.45) is 10.9 Å². The maximum Gasteiger partial charge on any atom is 0.508 e. The molecule has 2 saturated heterocycles. The number of hydrogen-bond acceptors (Lipinski definition) is 30. The molecule has 2 fully saturated rings. The number of terminal acetylenes is 1. The molecule has 560 valence electrons. The first-order chi connectivity index (χ1) is 46.8. The number of alkyl carbamates (subject to hydrolysis) is 2. The highest BCUT2D eigenvalue weighted by Gasteiger charge is 2.50. The average Bonchev–Trinajstić information content (AvgIpc) is 1.68. The molecule has 0 bridgehead atoms. The van der Waals surface area contributed by atoms with E-state index in [1.807, 2.05) is 0 Å². The first-order valence-electron chi connectivity index (χ1n) is 31.7. The van der Waals surface area contributed by atoms with E-state index < -0.39 is 139 Å². The largest absolute Gasteiger partial charge is 0.508 e. The van der Waals surface area contributed by atoms with Crippen molar-refractivity contribution in [3.8, 4) is 12.3 Å². The van der Waals surface area contributed by atoms with Crippen LogP contribution in [0.5, 0.6) is 0 Å². The number of aliphatic hydroxyl groups is 2. The normalized spacial score (nSPS) is 20.7. The summed E-state index contributed by atoms with van der Waals surface area (Å²) < 4.78 is 87.7. The fraction of sp³-hybridized carbons (Fsp3) is 0.698. The third-order valence-electron chi connectivity index (χ3n) is 13.1. The minimum Gasteiger partial charge on any atom is -0.480 e. The van der Waals surface area contributed by atoms with Crippen molar-refractivity contribution < 1.29 is 134 Å². The lowest BCUT2D eigenvalue weighted by atomic mass is 9.87. The lowest BCUT2D eigenvalue weighted by molar-refractivity contribution is -0.157. The van der Waals surface area contributed by atoms with E-state index >= 15 is 0 Å². The van der Waals surface area contributed by atoms with Crippen LogP contribution in [0.25, 0.3) is 0 Å². The number of carbonyl (C=O) groups is 10. The lowest BCUT2D eigenvalue weighted by Gasteiger charge is -2.40. The zero-order chi connectivity index (χ0) is 74.3. The number of amides is 6. The van der Waals surface area contributed by atoms with E-state index in [1.54, 1.807) is 62.3 Å². The Kier molecular flexibility index (Phi) is 40.1. The molecule has 0 spiro atoms. The third-order valence-corrected chi connectivity index (χ3v) is 13.1. The van der Waals surface area contributed by atoms with Crippen molar-refractivity contribution in [3.63, 3.8) is 0 Å². The van der Waals surface area contributed by atoms with E-state index in [1.165, 1.54) is 30.9 Å². The van der Waals surface area contributed by atoms with Crippen LogP contribution >= 0.6 is 0 Å². The number of cyclic esters (lactones) is 4. The second kappa shape index (κ2) is 45.9. The summed E-state index contributed by atoms with van der Waals surface area (Å²) in [6.07, 6.45) is -3.18. The van der Waals surface area contributed by atoms with Gasteiger partial charge < -0.3 is 112 Å². The van der Waals surface area contributed by atoms with Crippen LogP contribution in [0.3, 0.4) is 0 Å². The van der Waals surface area contributed by atoms with Gasteiger partial charge in [0.2, 0.25) is 35.1 Å². The van der Waals surface area contributed by atoms with Crippen LogP contribution in [0, 0.1) is 18.3 Å². The fourth-order valence-electron chi connectivity index (χ4n) is 9.05. The molecule has 4 rings (SSSR count). The molecule has 0 aromatic rings. The van der Waals surface area contributed by atoms with E-state index in [2.05, 4.69) is 49.4 Å². The predicted octanol–water partition coefficient (Wildman–Crippen LogP) is 0.293. The summed E-state index contributed by atoms with van der Waals surface area (Å²) in [5.74, 6) is -2.79. The Bertz CT molecular complexity index is 2760. The molecule has 99 heavy (non-hydrogen) atoms. The molecule has 0 saturated carbocycles. The molecule has 4 aliphatic heterocycles. The molecule has 0 radical (unpaired) electrons. The van der Waals surface area contributed by atoms with Crippen molar-refractivity contribution >= 4 is 65.9 Å². The molecule has 36 nitrogen and oxygen atoms in total. The molecular weight excluding hydrogens is 1320 g/mol. The minimum atomic E-state index is -1.40. The molecule has 0 aromatic carbocycles. The molecule has 36 heteroatoms. The Morgan fingerprint density at radius 1 is 0.677 bits per heavy atom. The summed E-state index contributed by atoms with van der Waals surface area (Å²) in [5, 5.41) is 31.2. The highest BCUT2D eigenvalue weighted by molar-refractivity contribution is 5.94. The highest BCUT2D eigenvalue weighted by atomic mass is 16.8. The van der Waals surface area contributed by atoms with Gasteiger partial charge in [0.15, 0.2) is 18.3 Å². The number of carbonyl (C=O) groups excluding carboxylic acids is 10. The van der Waals surface area contributed by atoms with Crippen LogP contribution in [0.4, 0.5) is 19.2 Å². The number of ether oxygens (including phenoxy) is 16. The number of hydrogen-bond donors (Lipinski definition) is 8. The molecule has 4 aliphatic rings. The van der Waals surface area contributed by atoms with Crippen molar-refractivity contribution in [2.75, 3.05) is 133 Å². The zero-order valence-electron chi connectivity index (χ0n) is 58.6. The van der Waals surface area contributed by atoms with Gasteiger partial charge in [-0.15, -0.1) is 6.42 Å². The van der Waals surface area contributed by atoms with Crippen molar-refractivity contribution in [2.45, 2.75) is 149 Å². The van der Waals surface area contributed by atoms with Gasteiger partial charge >= 0.3 is 36.4 Å². The number of nitrogens with one attached hydrogen (secondary N) is 6. The number of aliphatic hydroxyl groups excluding tert-OH is 2. The van der Waals surface area contributed by atoms with Gasteiger partial charge in [0.05, 0.1) is 85.0 Å². The summed E-state index contributed by atoms with van der Waals surface area (Å²) in [7, 11) is 2.25. The lowest BCUT2D eigenvalue weighted by Crippen LogP contribution is -2.60. The molecule has 10 atom stereocenters. The van der Waals surface area contributed by atoms with Gasteiger partial charge in [-0.1, -0.05) is 19.4 Å². The Balaban J connectivity index is 0.00000535. The minimum absolute atomic E-state index is 0.00324. The molecule has 0 unspecified atom stereocenters. The second-order valence-corrected chi connectivity index (χ2v) is 23.4. The average molecular weight is 1420 g/mol. The maximum atomic E-state index is 13.4. The zero-order valence-corrected chi connectivity index (χ0v) is 58.6. The van der Waals surface area contributed by atoms with Crippen molar-refractivity contribution in [3.05, 3.63) is 36.1 Å². The molecule has 6 amide bonds. The van der Waals surface area contributed by atoms with Crippen molar-refractivity contribution in [1.82, 2.24) is 36.8 Å². The Hall–Kier alpha value is -8.57. The van der Waals surface area contributed by atoms with Crippen LogP contribution in [-0.4, -0.2) is 280 Å². The van der Waals surface area contributed by atoms with E-state index in [9.17, 15) is 47.9 Å². The molecule has 0 aliphatic carbocycles. The van der Waals surface area contributed by atoms with E-state index in [4.69, 9.17) is 92.4 Å². The van der Waals surface area contributed by atoms with Gasteiger partial charge in [-0.05, 0) is 74.5 Å². The van der Waals surface area contributed by atoms with E-state index in [-0.39, 0.29) is 141 Å². The summed E-state index contributed by atoms with van der Waals surface area (Å²) in [6, 6.07) is -3.08. The number of esters is 2. The topological polar surface area (TPSA) is 447 Å². The number of aliphatic imine (C=N–C) groups is 1. The van der Waals surface area contributed by atoms with Crippen LogP contribution < -0.4 is 31.9 Å². The van der Waals surface area contributed by atoms with Gasteiger partial charge in [-0.25, -0.2) is 28.8 Å². The van der Waals surface area contributed by atoms with Gasteiger partial charge in [0, 0.05) is 52.2 Å². The first kappa shape index (κ1) is 86.5. The fourth-order valence-corrected chi connectivity index (χ4v) is 9.05. The first-order valence-corrected chi connectivity index (χ1v) is 31.7. The monoisotopic (exact) mass is 1420 g/mol. The van der Waals surface area contributed by atoms with Gasteiger partial charge in [0.25, 0.3) is 0 Å². The number of rotatable bonds is 36. The summed E-state index contributed by atoms with van der Waals surface area (Å²) in [5.41, 5.74) is -1.66. The number of methoxy groups -OCH3 is 2. The van der Waals surface area contributed by atoms with Gasteiger partial charge in [-0.3, -0.25) is 34.8 Å². The number of amidine groups is 1. The summed E-state index contributed by atoms with van der Waals surface area (Å²) in [4.78, 5) is 134. The standard InChI is InChI=1S/C59H88N8O26.2C2H6O/c1-14-20-80-26-27-81-21-15-46(71)67(18-24-82-22-16-60-44(69)32-84-49(42-30-86-56(76)90-42)48-34(2)38(28-40(88-48)52(72)78-12)62-35(3)64-54(74)92-58(6,7)8)19-25-83-23-17-61-45(70)33-85-50(43-31-87-57(77)91-43)51-47(66-37(5)68)39(29-41(89-51)53(73)79-13)63-36(4)65-55(75)93-59(9,10)11;2*1-2-3/h1,28-29,34,38-39,42-43,47-51,62H,3,15-27,30-33H2,2,4-13H3,(H,60,69)(H,61,70)(H,64,74)(H,66,68)(H,63,65,75);2*3H,2H2,1H3/t34-,38+,39+,42-,43-,47-,48-,49-,50-,51-;;/m1../s1. The predicted molar refractivity (Wildman–Crippen MR) is 345 cm³/mol. The molecule has 8 N–H and O–H groups in total. The highest BCUT2D eigenvalue weighted by Crippen LogP contribution is 2.33. The molecule has 0 aromatic heterocycles. The quantitative estimate of drug-likeness (QED) is 0.0104. The summed E-state index contributed by atoms with van der Waals surface area (Å²) in [6.45, 7) is 20.9. The third kappa shape index (κ3) is 34.7. The van der Waals surface area contributed by atoms with Crippen LogP contribution in [0.1, 0.15) is 82.6 Å². The van der Waals surface area contributed by atoms with Crippen LogP contribution in [0.2, 0.25) is 0 Å². The Labute approximate surface area is 575 Å². The van der Waals surface area contributed by atoms with Crippen molar-refractivity contribution in [1.29, 1.82) is 0 Å². The van der Waals surface area contributed by atoms with Crippen LogP contribution in [-0.2, 0) is 105 Å². The SMILES string of the molecule is C#CCOCCOCCC(=O)N(CCOCCNC(=O)CO[C@@H]([C@@H]1OC(C(=O)OC)=C[C@H](NC(=C)NC(=O)OC(C)(C)C)[C@H]1C)[C@H]1COC(=O)O1)CCOCCNC(=O)CO[C@@H]([C@@H]1OC(C(=O)OC)=C[C@H](N=C(C)NC(=O)OC(C)(C)C)[C@H]1NC(C)=O)[C@H]1COC(=O)O1.CCO.CCO. The smallest absolute Gasteiger partial charge is 0.480 e. The van der Waals surface area contributed by atoms with Crippen LogP contribution in [0.15, 0.2) is 41.1 Å². The Morgan fingerprint density at radius 2 is 1.14 bits per heavy atom. The number of nitrogens with zero attached hydrogens (tertiary/aromatic N) is 2. The van der Waals surface area contributed by atoms with E-state index in [0.29, 0.717) is 0 Å². The second-order valence-electron chi connectivity index (χ2n) is 23.4. The molecular formula is C63H100N8O28. The molecule has 4 heterocycles. The Morgan fingerprint density at radius 3 is 1.61 bits per heavy atom. The van der Waals surface area contributed by atoms with Gasteiger partial charge in [0.1, 0.15) is 74.2 Å². The maximum absolute atomic E-state index is 13.4.